The fourth-order valence-corrected chi connectivity index (χ4v) is 2.96. The molecule has 2 aromatic heterocycles. The number of guanidine groups is 1. The van der Waals surface area contributed by atoms with Crippen LogP contribution in [0.4, 0.5) is 0 Å². The Bertz CT molecular complexity index is 765. The molecule has 0 fully saturated rings. The Kier molecular flexibility index (Phi) is 5.63. The second-order valence-corrected chi connectivity index (χ2v) is 6.22. The van der Waals surface area contributed by atoms with E-state index in [1.54, 1.807) is 24.6 Å². The monoisotopic (exact) mass is 340 g/mol. The standard InChI is InChI=1S/C18H20N4OS/c1-19-18(20-10-9-16-8-5-11-24-16)21-12-15-13-23-17(22-15)14-6-3-2-4-7-14/h2-8,11,13H,9-10,12H2,1H3,(H2,19,20,21). The lowest BCUT2D eigenvalue weighted by Crippen LogP contribution is -2.37. The lowest BCUT2D eigenvalue weighted by atomic mass is 10.2. The molecule has 24 heavy (non-hydrogen) atoms. The molecule has 5 nitrogen and oxygen atoms in total. The zero-order valence-electron chi connectivity index (χ0n) is 13.5. The smallest absolute Gasteiger partial charge is 0.226 e. The molecule has 2 N–H and O–H groups in total. The van der Waals surface area contributed by atoms with E-state index in [1.807, 2.05) is 30.3 Å². The Balaban J connectivity index is 1.48. The number of rotatable bonds is 6. The fraction of sp³-hybridized carbons (Fsp3) is 0.222. The summed E-state index contributed by atoms with van der Waals surface area (Å²) in [6.07, 6.45) is 2.66. The van der Waals surface area contributed by atoms with Gasteiger partial charge in [-0.3, -0.25) is 4.99 Å². The quantitative estimate of drug-likeness (QED) is 0.534. The summed E-state index contributed by atoms with van der Waals surface area (Å²) in [5.74, 6) is 1.39. The fourth-order valence-electron chi connectivity index (χ4n) is 2.26. The number of nitrogens with one attached hydrogen (secondary N) is 2. The molecular formula is C18H20N4OS. The normalized spacial score (nSPS) is 11.5. The third kappa shape index (κ3) is 4.45. The van der Waals surface area contributed by atoms with Crippen LogP contribution in [0.5, 0.6) is 0 Å². The number of oxazole rings is 1. The van der Waals surface area contributed by atoms with Gasteiger partial charge in [-0.05, 0) is 30.0 Å². The van der Waals surface area contributed by atoms with Crippen LogP contribution in [0.2, 0.25) is 0 Å². The summed E-state index contributed by atoms with van der Waals surface area (Å²) < 4.78 is 5.54. The molecule has 0 aliphatic carbocycles. The Morgan fingerprint density at radius 1 is 1.17 bits per heavy atom. The number of aliphatic imine (C=N–C) groups is 1. The first-order valence-electron chi connectivity index (χ1n) is 7.82. The molecule has 1 aromatic carbocycles. The Morgan fingerprint density at radius 3 is 2.79 bits per heavy atom. The molecule has 3 aromatic rings. The minimum absolute atomic E-state index is 0.564. The van der Waals surface area contributed by atoms with Gasteiger partial charge in [-0.25, -0.2) is 4.98 Å². The minimum atomic E-state index is 0.564. The molecule has 0 aliphatic rings. The first kappa shape index (κ1) is 16.3. The molecule has 124 valence electrons. The van der Waals surface area contributed by atoms with Crippen molar-refractivity contribution in [3.63, 3.8) is 0 Å². The van der Waals surface area contributed by atoms with E-state index in [4.69, 9.17) is 4.42 Å². The van der Waals surface area contributed by atoms with Gasteiger partial charge in [0.05, 0.1) is 12.2 Å². The summed E-state index contributed by atoms with van der Waals surface area (Å²) in [7, 11) is 1.76. The summed E-state index contributed by atoms with van der Waals surface area (Å²) in [5, 5.41) is 8.65. The summed E-state index contributed by atoms with van der Waals surface area (Å²) in [4.78, 5) is 10.1. The number of thiophene rings is 1. The van der Waals surface area contributed by atoms with Gasteiger partial charge in [0.25, 0.3) is 0 Å². The summed E-state index contributed by atoms with van der Waals surface area (Å²) >= 11 is 1.77. The SMILES string of the molecule is CN=C(NCCc1cccs1)NCc1coc(-c2ccccc2)n1. The second kappa shape index (κ2) is 8.31. The van der Waals surface area contributed by atoms with E-state index in [2.05, 4.69) is 38.1 Å². The zero-order valence-corrected chi connectivity index (χ0v) is 14.3. The maximum absolute atomic E-state index is 5.54. The molecule has 0 spiro atoms. The average molecular weight is 340 g/mol. The highest BCUT2D eigenvalue weighted by molar-refractivity contribution is 7.09. The van der Waals surface area contributed by atoms with Crippen molar-refractivity contribution < 1.29 is 4.42 Å². The van der Waals surface area contributed by atoms with E-state index in [-0.39, 0.29) is 0 Å². The largest absolute Gasteiger partial charge is 0.444 e. The van der Waals surface area contributed by atoms with Crippen molar-refractivity contribution in [2.24, 2.45) is 4.99 Å². The van der Waals surface area contributed by atoms with Crippen molar-refractivity contribution in [2.75, 3.05) is 13.6 Å². The third-order valence-corrected chi connectivity index (χ3v) is 4.41. The van der Waals surface area contributed by atoms with Gasteiger partial charge in [-0.2, -0.15) is 0 Å². The van der Waals surface area contributed by atoms with Crippen LogP contribution in [-0.4, -0.2) is 24.5 Å². The van der Waals surface area contributed by atoms with Crippen molar-refractivity contribution in [3.8, 4) is 11.5 Å². The lowest BCUT2D eigenvalue weighted by Gasteiger charge is -2.10. The summed E-state index contributed by atoms with van der Waals surface area (Å²) in [5.41, 5.74) is 1.82. The van der Waals surface area contributed by atoms with Crippen LogP contribution < -0.4 is 10.6 Å². The zero-order chi connectivity index (χ0) is 16.6. The number of hydrogen-bond donors (Lipinski definition) is 2. The van der Waals surface area contributed by atoms with Crippen molar-refractivity contribution in [1.82, 2.24) is 15.6 Å². The maximum atomic E-state index is 5.54. The van der Waals surface area contributed by atoms with Gasteiger partial charge in [-0.1, -0.05) is 24.3 Å². The highest BCUT2D eigenvalue weighted by atomic mass is 32.1. The van der Waals surface area contributed by atoms with Crippen LogP contribution in [0.3, 0.4) is 0 Å². The van der Waals surface area contributed by atoms with Crippen LogP contribution in [0.15, 0.2) is 63.5 Å². The summed E-state index contributed by atoms with van der Waals surface area (Å²) in [6, 6.07) is 14.1. The molecule has 0 saturated carbocycles. The van der Waals surface area contributed by atoms with Crippen molar-refractivity contribution in [3.05, 3.63) is 64.7 Å². The maximum Gasteiger partial charge on any atom is 0.226 e. The van der Waals surface area contributed by atoms with Gasteiger partial charge in [-0.15, -0.1) is 11.3 Å². The molecule has 0 unspecified atom stereocenters. The predicted octanol–water partition coefficient (Wildman–Crippen LogP) is 3.31. The Hall–Kier alpha value is -2.60. The van der Waals surface area contributed by atoms with Gasteiger partial charge in [0.15, 0.2) is 5.96 Å². The molecular weight excluding hydrogens is 320 g/mol. The number of hydrogen-bond acceptors (Lipinski definition) is 4. The predicted molar refractivity (Wildman–Crippen MR) is 98.2 cm³/mol. The van der Waals surface area contributed by atoms with Gasteiger partial charge in [0, 0.05) is 24.0 Å². The van der Waals surface area contributed by atoms with E-state index >= 15 is 0 Å². The van der Waals surface area contributed by atoms with Crippen LogP contribution in [0.25, 0.3) is 11.5 Å². The molecule has 3 rings (SSSR count). The van der Waals surface area contributed by atoms with E-state index < -0.39 is 0 Å². The molecule has 0 bridgehead atoms. The number of aromatic nitrogens is 1. The van der Waals surface area contributed by atoms with Gasteiger partial charge < -0.3 is 15.1 Å². The van der Waals surface area contributed by atoms with Gasteiger partial charge in [0.2, 0.25) is 5.89 Å². The molecule has 2 heterocycles. The van der Waals surface area contributed by atoms with Crippen molar-refractivity contribution in [1.29, 1.82) is 0 Å². The molecule has 0 atom stereocenters. The van der Waals surface area contributed by atoms with E-state index in [0.29, 0.717) is 12.4 Å². The van der Waals surface area contributed by atoms with Gasteiger partial charge >= 0.3 is 0 Å². The van der Waals surface area contributed by atoms with Crippen LogP contribution in [-0.2, 0) is 13.0 Å². The van der Waals surface area contributed by atoms with E-state index in [9.17, 15) is 0 Å². The van der Waals surface area contributed by atoms with Crippen LogP contribution in [0.1, 0.15) is 10.6 Å². The number of nitrogens with zero attached hydrogens (tertiary/aromatic N) is 2. The second-order valence-electron chi connectivity index (χ2n) is 5.19. The van der Waals surface area contributed by atoms with Crippen LogP contribution in [0, 0.1) is 0 Å². The Morgan fingerprint density at radius 2 is 2.04 bits per heavy atom. The highest BCUT2D eigenvalue weighted by Gasteiger charge is 2.07. The Labute approximate surface area is 145 Å². The molecule has 0 amide bonds. The first-order chi connectivity index (χ1) is 11.8. The van der Waals surface area contributed by atoms with Crippen LogP contribution >= 0.6 is 11.3 Å². The van der Waals surface area contributed by atoms with Gasteiger partial charge in [0.1, 0.15) is 6.26 Å². The topological polar surface area (TPSA) is 62.5 Å². The molecule has 6 heteroatoms. The highest BCUT2D eigenvalue weighted by Crippen LogP contribution is 2.17. The average Bonchev–Trinajstić information content (AvgIpc) is 3.30. The molecule has 0 aliphatic heterocycles. The minimum Gasteiger partial charge on any atom is -0.444 e. The number of benzene rings is 1. The molecule has 0 radical (unpaired) electrons. The van der Waals surface area contributed by atoms with E-state index in [0.717, 1.165) is 30.2 Å². The third-order valence-electron chi connectivity index (χ3n) is 3.48. The lowest BCUT2D eigenvalue weighted by molar-refractivity contribution is 0.572. The van der Waals surface area contributed by atoms with Crippen molar-refractivity contribution >= 4 is 17.3 Å². The first-order valence-corrected chi connectivity index (χ1v) is 8.70. The van der Waals surface area contributed by atoms with E-state index in [1.165, 1.54) is 4.88 Å². The molecule has 0 saturated heterocycles. The van der Waals surface area contributed by atoms with Crippen molar-refractivity contribution in [2.45, 2.75) is 13.0 Å². The summed E-state index contributed by atoms with van der Waals surface area (Å²) in [6.45, 7) is 1.41.